The number of carbonyl (C=O) groups excluding carboxylic acids is 2. The van der Waals surface area contributed by atoms with E-state index >= 15 is 0 Å². The number of aromatic nitrogens is 1. The lowest BCUT2D eigenvalue weighted by atomic mass is 10.2. The number of pyridine rings is 1. The molecule has 1 fully saturated rings. The number of nitrogens with zero attached hydrogens (tertiary/aromatic N) is 2. The maximum absolute atomic E-state index is 12.7. The molecule has 0 aliphatic carbocycles. The van der Waals surface area contributed by atoms with Crippen molar-refractivity contribution in [3.05, 3.63) is 48.0 Å². The molecule has 0 radical (unpaired) electrons. The minimum atomic E-state index is -0.624. The molecular formula is C20H26N4O4S. The van der Waals surface area contributed by atoms with Gasteiger partial charge < -0.3 is 24.7 Å². The molecule has 156 valence electrons. The lowest BCUT2D eigenvalue weighted by Gasteiger charge is -2.28. The first-order valence-electron chi connectivity index (χ1n) is 9.56. The zero-order valence-corrected chi connectivity index (χ0v) is 17.2. The van der Waals surface area contributed by atoms with Crippen LogP contribution < -0.4 is 15.5 Å². The van der Waals surface area contributed by atoms with E-state index in [0.717, 1.165) is 30.2 Å². The standard InChI is InChI=1S/C20H26N4O4S/c1-29-12-5-16(23-20(26)17-3-2-9-28-17)19(25)22-14-15-4-6-21-18(13-15)24-7-10-27-11-8-24/h2-4,6,9,13,16H,5,7-8,10-12,14H2,1H3,(H,22,25)(H,23,26)/t16-/m1/s1. The Morgan fingerprint density at radius 3 is 2.86 bits per heavy atom. The fourth-order valence-electron chi connectivity index (χ4n) is 2.99. The second-order valence-corrected chi connectivity index (χ2v) is 7.61. The van der Waals surface area contributed by atoms with Crippen LogP contribution in [0.25, 0.3) is 0 Å². The van der Waals surface area contributed by atoms with Gasteiger partial charge in [0.2, 0.25) is 5.91 Å². The zero-order valence-electron chi connectivity index (χ0n) is 16.4. The third-order valence-corrected chi connectivity index (χ3v) is 5.23. The second-order valence-electron chi connectivity index (χ2n) is 6.62. The van der Waals surface area contributed by atoms with Crippen molar-refractivity contribution in [2.75, 3.05) is 43.2 Å². The first kappa shape index (κ1) is 21.2. The Kier molecular flexibility index (Phi) is 7.94. The van der Waals surface area contributed by atoms with E-state index in [2.05, 4.69) is 20.5 Å². The van der Waals surface area contributed by atoms with Gasteiger partial charge in [-0.2, -0.15) is 11.8 Å². The highest BCUT2D eigenvalue weighted by Gasteiger charge is 2.22. The Morgan fingerprint density at radius 2 is 2.14 bits per heavy atom. The average molecular weight is 419 g/mol. The van der Waals surface area contributed by atoms with Crippen molar-refractivity contribution in [3.63, 3.8) is 0 Å². The molecule has 1 aliphatic heterocycles. The fourth-order valence-corrected chi connectivity index (χ4v) is 3.46. The predicted molar refractivity (Wildman–Crippen MR) is 112 cm³/mol. The van der Waals surface area contributed by atoms with Gasteiger partial charge in [0.25, 0.3) is 5.91 Å². The van der Waals surface area contributed by atoms with Gasteiger partial charge in [0.1, 0.15) is 11.9 Å². The van der Waals surface area contributed by atoms with Crippen molar-refractivity contribution in [2.45, 2.75) is 19.0 Å². The van der Waals surface area contributed by atoms with Gasteiger partial charge in [-0.1, -0.05) is 0 Å². The predicted octanol–water partition coefficient (Wildman–Crippen LogP) is 1.68. The Hall–Kier alpha value is -2.52. The van der Waals surface area contributed by atoms with E-state index in [1.54, 1.807) is 30.1 Å². The van der Waals surface area contributed by atoms with Crippen LogP contribution in [0.4, 0.5) is 5.82 Å². The molecule has 3 heterocycles. The van der Waals surface area contributed by atoms with Gasteiger partial charge in [-0.15, -0.1) is 0 Å². The number of rotatable bonds is 9. The number of amides is 2. The van der Waals surface area contributed by atoms with Crippen LogP contribution in [0.15, 0.2) is 41.1 Å². The van der Waals surface area contributed by atoms with Crippen molar-refractivity contribution in [1.82, 2.24) is 15.6 Å². The maximum atomic E-state index is 12.7. The summed E-state index contributed by atoms with van der Waals surface area (Å²) in [6, 6.07) is 6.44. The molecule has 0 saturated carbocycles. The number of hydrogen-bond donors (Lipinski definition) is 2. The highest BCUT2D eigenvalue weighted by molar-refractivity contribution is 7.98. The first-order valence-corrected chi connectivity index (χ1v) is 11.0. The van der Waals surface area contributed by atoms with E-state index in [9.17, 15) is 9.59 Å². The molecule has 1 saturated heterocycles. The topological polar surface area (TPSA) is 96.7 Å². The summed E-state index contributed by atoms with van der Waals surface area (Å²) in [6.45, 7) is 3.35. The van der Waals surface area contributed by atoms with E-state index in [-0.39, 0.29) is 11.7 Å². The lowest BCUT2D eigenvalue weighted by molar-refractivity contribution is -0.123. The maximum Gasteiger partial charge on any atom is 0.287 e. The third-order valence-electron chi connectivity index (χ3n) is 4.59. The lowest BCUT2D eigenvalue weighted by Crippen LogP contribution is -2.46. The minimum absolute atomic E-state index is 0.191. The van der Waals surface area contributed by atoms with Crippen LogP contribution in [0, 0.1) is 0 Å². The summed E-state index contributed by atoms with van der Waals surface area (Å²) in [5, 5.41) is 5.69. The van der Waals surface area contributed by atoms with Crippen LogP contribution >= 0.6 is 11.8 Å². The monoisotopic (exact) mass is 418 g/mol. The molecule has 2 amide bonds. The summed E-state index contributed by atoms with van der Waals surface area (Å²) < 4.78 is 10.5. The molecule has 1 aliphatic rings. The summed E-state index contributed by atoms with van der Waals surface area (Å²) in [5.41, 5.74) is 0.954. The largest absolute Gasteiger partial charge is 0.459 e. The van der Waals surface area contributed by atoms with Crippen LogP contribution in [0.3, 0.4) is 0 Å². The van der Waals surface area contributed by atoms with Crippen LogP contribution in [0.1, 0.15) is 22.5 Å². The summed E-state index contributed by atoms with van der Waals surface area (Å²) in [6.07, 6.45) is 5.68. The molecule has 1 atom stereocenters. The van der Waals surface area contributed by atoms with E-state index in [1.807, 2.05) is 18.4 Å². The van der Waals surface area contributed by atoms with Crippen LogP contribution in [-0.2, 0) is 16.1 Å². The van der Waals surface area contributed by atoms with E-state index in [0.29, 0.717) is 26.2 Å². The van der Waals surface area contributed by atoms with Crippen molar-refractivity contribution in [2.24, 2.45) is 0 Å². The van der Waals surface area contributed by atoms with Crippen molar-refractivity contribution in [3.8, 4) is 0 Å². The number of thioether (sulfide) groups is 1. The van der Waals surface area contributed by atoms with E-state index in [1.165, 1.54) is 6.26 Å². The summed E-state index contributed by atoms with van der Waals surface area (Å²) in [7, 11) is 0. The molecule has 2 aromatic rings. The summed E-state index contributed by atoms with van der Waals surface area (Å²) in [4.78, 5) is 31.6. The molecule has 0 spiro atoms. The second kappa shape index (κ2) is 10.9. The minimum Gasteiger partial charge on any atom is -0.459 e. The Labute approximate surface area is 174 Å². The molecular weight excluding hydrogens is 392 g/mol. The normalized spacial score (nSPS) is 15.0. The van der Waals surface area contributed by atoms with Crippen LogP contribution in [0.5, 0.6) is 0 Å². The quantitative estimate of drug-likeness (QED) is 0.639. The Morgan fingerprint density at radius 1 is 1.31 bits per heavy atom. The number of furan rings is 1. The molecule has 3 rings (SSSR count). The van der Waals surface area contributed by atoms with Crippen molar-refractivity contribution < 1.29 is 18.7 Å². The van der Waals surface area contributed by atoms with Gasteiger partial charge in [-0.3, -0.25) is 9.59 Å². The molecule has 0 unspecified atom stereocenters. The fraction of sp³-hybridized carbons (Fsp3) is 0.450. The zero-order chi connectivity index (χ0) is 20.5. The van der Waals surface area contributed by atoms with E-state index < -0.39 is 11.9 Å². The smallest absolute Gasteiger partial charge is 0.287 e. The van der Waals surface area contributed by atoms with Crippen molar-refractivity contribution >= 4 is 29.4 Å². The molecule has 9 heteroatoms. The number of ether oxygens (including phenoxy) is 1. The molecule has 2 N–H and O–H groups in total. The van der Waals surface area contributed by atoms with Gasteiger partial charge in [0.15, 0.2) is 5.76 Å². The van der Waals surface area contributed by atoms with Gasteiger partial charge in [0, 0.05) is 25.8 Å². The van der Waals surface area contributed by atoms with Crippen LogP contribution in [-0.4, -0.2) is 61.2 Å². The highest BCUT2D eigenvalue weighted by Crippen LogP contribution is 2.14. The van der Waals surface area contributed by atoms with Crippen LogP contribution in [0.2, 0.25) is 0 Å². The SMILES string of the molecule is CSCC[C@@H](NC(=O)c1ccco1)C(=O)NCc1ccnc(N2CCOCC2)c1. The van der Waals surface area contributed by atoms with Gasteiger partial charge >= 0.3 is 0 Å². The number of carbonyl (C=O) groups is 2. The highest BCUT2D eigenvalue weighted by atomic mass is 32.2. The van der Waals surface area contributed by atoms with Crippen molar-refractivity contribution in [1.29, 1.82) is 0 Å². The van der Waals surface area contributed by atoms with Gasteiger partial charge in [-0.05, 0) is 48.3 Å². The summed E-state index contributed by atoms with van der Waals surface area (Å²) in [5.74, 6) is 1.22. The number of morpholine rings is 1. The van der Waals surface area contributed by atoms with Gasteiger partial charge in [0.05, 0.1) is 19.5 Å². The third kappa shape index (κ3) is 6.23. The number of anilines is 1. The summed E-state index contributed by atoms with van der Waals surface area (Å²) >= 11 is 1.63. The molecule has 2 aromatic heterocycles. The Balaban J connectivity index is 1.58. The number of nitrogens with one attached hydrogen (secondary N) is 2. The molecule has 8 nitrogen and oxygen atoms in total. The Bertz CT molecular complexity index is 794. The molecule has 0 bridgehead atoms. The number of hydrogen-bond acceptors (Lipinski definition) is 7. The van der Waals surface area contributed by atoms with E-state index in [4.69, 9.17) is 9.15 Å². The molecule has 0 aromatic carbocycles. The first-order chi connectivity index (χ1) is 14.2. The average Bonchev–Trinajstić information content (AvgIpc) is 3.31. The van der Waals surface area contributed by atoms with Gasteiger partial charge in [-0.25, -0.2) is 4.98 Å². The molecule has 29 heavy (non-hydrogen) atoms.